The number of benzene rings is 1. The summed E-state index contributed by atoms with van der Waals surface area (Å²) in [5.74, 6) is 0.776. The highest BCUT2D eigenvalue weighted by Gasteiger charge is 2.16. The third-order valence-electron chi connectivity index (χ3n) is 3.60. The molecule has 0 saturated carbocycles. The van der Waals surface area contributed by atoms with Crippen LogP contribution in [0.4, 0.5) is 5.13 Å². The molecular weight excluding hydrogens is 370 g/mol. The lowest BCUT2D eigenvalue weighted by Crippen LogP contribution is -2.12. The fourth-order valence-electron chi connectivity index (χ4n) is 2.40. The number of anilines is 1. The molecule has 0 aliphatic carbocycles. The van der Waals surface area contributed by atoms with Gasteiger partial charge in [0.2, 0.25) is 5.13 Å². The van der Waals surface area contributed by atoms with Crippen molar-refractivity contribution in [2.75, 3.05) is 11.1 Å². The van der Waals surface area contributed by atoms with Gasteiger partial charge in [-0.3, -0.25) is 15.2 Å². The summed E-state index contributed by atoms with van der Waals surface area (Å²) in [4.78, 5) is 12.4. The summed E-state index contributed by atoms with van der Waals surface area (Å²) >= 11 is 2.96. The van der Waals surface area contributed by atoms with E-state index in [0.717, 1.165) is 27.6 Å². The zero-order valence-electron chi connectivity index (χ0n) is 14.7. The lowest BCUT2D eigenvalue weighted by atomic mass is 10.0. The predicted octanol–water partition coefficient (Wildman–Crippen LogP) is 4.01. The van der Waals surface area contributed by atoms with Crippen molar-refractivity contribution < 1.29 is 9.90 Å². The number of phenolic OH excluding ortho intramolecular Hbond substituents is 1. The Hall–Kier alpha value is -2.39. The van der Waals surface area contributed by atoms with Gasteiger partial charge in [-0.15, -0.1) is 10.2 Å². The van der Waals surface area contributed by atoms with Gasteiger partial charge in [0.15, 0.2) is 4.34 Å². The van der Waals surface area contributed by atoms with E-state index in [1.54, 1.807) is 17.8 Å². The molecule has 0 fully saturated rings. The molecule has 9 heteroatoms. The zero-order valence-corrected chi connectivity index (χ0v) is 16.3. The van der Waals surface area contributed by atoms with Crippen LogP contribution in [-0.2, 0) is 0 Å². The molecule has 0 bridgehead atoms. The van der Waals surface area contributed by atoms with Gasteiger partial charge in [0, 0.05) is 11.3 Å². The highest BCUT2D eigenvalue weighted by Crippen LogP contribution is 2.32. The standard InChI is InChI=1S/C17H19N5O2S2/c1-4-5-25-17-22-21-16(26-17)18-15(24)13-8-12(19-20-13)11-7-9(2)6-10(3)14(11)23/h6-8,23H,4-5H2,1-3H3,(H,19,20)(H,18,21,24). The predicted molar refractivity (Wildman–Crippen MR) is 104 cm³/mol. The SMILES string of the molecule is CCCSc1nnc(NC(=O)c2cc(-c3cc(C)cc(C)c3O)n[nH]2)s1. The Morgan fingerprint density at radius 1 is 1.31 bits per heavy atom. The first-order valence-electron chi connectivity index (χ1n) is 8.11. The van der Waals surface area contributed by atoms with E-state index >= 15 is 0 Å². The number of H-pyrrole nitrogens is 1. The van der Waals surface area contributed by atoms with Crippen LogP contribution in [0.2, 0.25) is 0 Å². The number of carbonyl (C=O) groups is 1. The van der Waals surface area contributed by atoms with Crippen molar-refractivity contribution >= 4 is 34.1 Å². The van der Waals surface area contributed by atoms with Gasteiger partial charge in [-0.1, -0.05) is 36.1 Å². The molecule has 2 aromatic heterocycles. The van der Waals surface area contributed by atoms with Crippen LogP contribution < -0.4 is 5.32 Å². The van der Waals surface area contributed by atoms with Crippen LogP contribution in [0, 0.1) is 13.8 Å². The number of aryl methyl sites for hydroxylation is 2. The summed E-state index contributed by atoms with van der Waals surface area (Å²) in [7, 11) is 0. The number of phenols is 1. The summed E-state index contributed by atoms with van der Waals surface area (Å²) in [6, 6.07) is 5.34. The van der Waals surface area contributed by atoms with Crippen LogP contribution >= 0.6 is 23.1 Å². The molecular formula is C17H19N5O2S2. The number of rotatable bonds is 6. The number of nitrogens with zero attached hydrogens (tertiary/aromatic N) is 3. The molecule has 1 aromatic carbocycles. The van der Waals surface area contributed by atoms with Crippen molar-refractivity contribution in [1.29, 1.82) is 0 Å². The maximum Gasteiger partial charge on any atom is 0.275 e. The fourth-order valence-corrected chi connectivity index (χ4v) is 4.08. The second-order valence-corrected chi connectivity index (χ2v) is 8.14. The van der Waals surface area contributed by atoms with Gasteiger partial charge in [0.05, 0.1) is 5.69 Å². The second kappa shape index (κ2) is 7.88. The Kier molecular flexibility index (Phi) is 5.58. The van der Waals surface area contributed by atoms with E-state index in [2.05, 4.69) is 32.6 Å². The smallest absolute Gasteiger partial charge is 0.275 e. The van der Waals surface area contributed by atoms with Crippen molar-refractivity contribution in [2.24, 2.45) is 0 Å². The molecule has 1 amide bonds. The monoisotopic (exact) mass is 389 g/mol. The quantitative estimate of drug-likeness (QED) is 0.435. The average molecular weight is 390 g/mol. The first kappa shape index (κ1) is 18.4. The van der Waals surface area contributed by atoms with Crippen molar-refractivity contribution in [2.45, 2.75) is 31.5 Å². The summed E-state index contributed by atoms with van der Waals surface area (Å²) in [5, 5.41) is 28.3. The highest BCUT2D eigenvalue weighted by atomic mass is 32.2. The molecule has 0 unspecified atom stereocenters. The molecule has 0 atom stereocenters. The van der Waals surface area contributed by atoms with Gasteiger partial charge in [0.1, 0.15) is 11.4 Å². The van der Waals surface area contributed by atoms with Gasteiger partial charge in [-0.2, -0.15) is 5.10 Å². The summed E-state index contributed by atoms with van der Waals surface area (Å²) in [5.41, 5.74) is 3.16. The second-order valence-electron chi connectivity index (χ2n) is 5.82. The number of nitrogens with one attached hydrogen (secondary N) is 2. The zero-order chi connectivity index (χ0) is 18.7. The van der Waals surface area contributed by atoms with Crippen LogP contribution in [0.25, 0.3) is 11.3 Å². The third-order valence-corrected chi connectivity index (χ3v) is 5.78. The lowest BCUT2D eigenvalue weighted by molar-refractivity contribution is 0.102. The Labute approximate surface area is 159 Å². The number of hydrogen-bond donors (Lipinski definition) is 3. The topological polar surface area (TPSA) is 104 Å². The molecule has 2 heterocycles. The Morgan fingerprint density at radius 2 is 2.12 bits per heavy atom. The molecule has 0 aliphatic heterocycles. The molecule has 0 aliphatic rings. The molecule has 0 radical (unpaired) electrons. The van der Waals surface area contributed by atoms with E-state index in [-0.39, 0.29) is 17.4 Å². The molecule has 0 spiro atoms. The lowest BCUT2D eigenvalue weighted by Gasteiger charge is -2.06. The first-order chi connectivity index (χ1) is 12.5. The Bertz CT molecular complexity index is 935. The van der Waals surface area contributed by atoms with Crippen LogP contribution in [-0.4, -0.2) is 37.2 Å². The number of carbonyl (C=O) groups excluding carboxylic acids is 1. The van der Waals surface area contributed by atoms with Crippen LogP contribution in [0.1, 0.15) is 35.0 Å². The van der Waals surface area contributed by atoms with Crippen molar-refractivity contribution in [3.63, 3.8) is 0 Å². The molecule has 3 rings (SSSR count). The normalized spacial score (nSPS) is 10.9. The number of thioether (sulfide) groups is 1. The Morgan fingerprint density at radius 3 is 2.88 bits per heavy atom. The molecule has 0 saturated heterocycles. The largest absolute Gasteiger partial charge is 0.507 e. The van der Waals surface area contributed by atoms with E-state index in [0.29, 0.717) is 16.4 Å². The molecule has 136 valence electrons. The molecule has 26 heavy (non-hydrogen) atoms. The minimum Gasteiger partial charge on any atom is -0.507 e. The number of aromatic hydroxyl groups is 1. The molecule has 3 N–H and O–H groups in total. The fraction of sp³-hybridized carbons (Fsp3) is 0.294. The first-order valence-corrected chi connectivity index (χ1v) is 9.91. The number of aromatic nitrogens is 4. The number of hydrogen-bond acceptors (Lipinski definition) is 7. The Balaban J connectivity index is 1.75. The van der Waals surface area contributed by atoms with E-state index in [1.165, 1.54) is 11.3 Å². The third kappa shape index (κ3) is 4.05. The minimum atomic E-state index is -0.351. The highest BCUT2D eigenvalue weighted by molar-refractivity contribution is 8.01. The van der Waals surface area contributed by atoms with E-state index < -0.39 is 0 Å². The summed E-state index contributed by atoms with van der Waals surface area (Å²) in [6.07, 6.45) is 1.05. The maximum absolute atomic E-state index is 12.4. The van der Waals surface area contributed by atoms with Gasteiger partial charge < -0.3 is 5.11 Å². The maximum atomic E-state index is 12.4. The average Bonchev–Trinajstić information content (AvgIpc) is 3.25. The number of amides is 1. The van der Waals surface area contributed by atoms with Crippen molar-refractivity contribution in [1.82, 2.24) is 20.4 Å². The van der Waals surface area contributed by atoms with E-state index in [9.17, 15) is 9.90 Å². The molecule has 3 aromatic rings. The minimum absolute atomic E-state index is 0.163. The van der Waals surface area contributed by atoms with Crippen molar-refractivity contribution in [3.05, 3.63) is 35.0 Å². The van der Waals surface area contributed by atoms with E-state index in [4.69, 9.17) is 0 Å². The van der Waals surface area contributed by atoms with Gasteiger partial charge >= 0.3 is 0 Å². The number of aromatic amines is 1. The molecule has 7 nitrogen and oxygen atoms in total. The summed E-state index contributed by atoms with van der Waals surface area (Å²) < 4.78 is 0.826. The van der Waals surface area contributed by atoms with Gasteiger partial charge in [0.25, 0.3) is 5.91 Å². The van der Waals surface area contributed by atoms with Crippen LogP contribution in [0.5, 0.6) is 5.75 Å². The van der Waals surface area contributed by atoms with Crippen molar-refractivity contribution in [3.8, 4) is 17.0 Å². The van der Waals surface area contributed by atoms with Crippen LogP contribution in [0.3, 0.4) is 0 Å². The summed E-state index contributed by atoms with van der Waals surface area (Å²) in [6.45, 7) is 5.87. The van der Waals surface area contributed by atoms with Crippen LogP contribution in [0.15, 0.2) is 22.5 Å². The van der Waals surface area contributed by atoms with Gasteiger partial charge in [-0.25, -0.2) is 0 Å². The van der Waals surface area contributed by atoms with E-state index in [1.807, 2.05) is 26.0 Å². The van der Waals surface area contributed by atoms with Gasteiger partial charge in [-0.05, 0) is 43.5 Å².